The van der Waals surface area contributed by atoms with Gasteiger partial charge in [-0.3, -0.25) is 0 Å². The molecule has 1 aromatic carbocycles. The van der Waals surface area contributed by atoms with E-state index in [1.54, 1.807) is 6.92 Å². The van der Waals surface area contributed by atoms with Gasteiger partial charge < -0.3 is 10.8 Å². The number of aliphatic hydroxyl groups excluding tert-OH is 1. The van der Waals surface area contributed by atoms with Crippen LogP contribution in [0.4, 0.5) is 0 Å². The summed E-state index contributed by atoms with van der Waals surface area (Å²) < 4.78 is 23.9. The van der Waals surface area contributed by atoms with Crippen molar-refractivity contribution in [1.29, 1.82) is 0 Å². The van der Waals surface area contributed by atoms with E-state index in [2.05, 4.69) is 0 Å². The van der Waals surface area contributed by atoms with Gasteiger partial charge >= 0.3 is 0 Å². The Morgan fingerprint density at radius 3 is 2.41 bits per heavy atom. The minimum absolute atomic E-state index is 0.0555. The van der Waals surface area contributed by atoms with E-state index in [1.807, 2.05) is 30.3 Å². The summed E-state index contributed by atoms with van der Waals surface area (Å²) in [5.74, 6) is -0.237. The molecule has 4 nitrogen and oxygen atoms in total. The molecule has 0 aromatic heterocycles. The van der Waals surface area contributed by atoms with E-state index in [1.165, 1.54) is 0 Å². The van der Waals surface area contributed by atoms with Crippen molar-refractivity contribution in [1.82, 2.24) is 0 Å². The van der Waals surface area contributed by atoms with Crippen molar-refractivity contribution < 1.29 is 13.5 Å². The number of hydrogen-bond acceptors (Lipinski definition) is 4. The molecule has 0 aliphatic heterocycles. The fraction of sp³-hybridized carbons (Fsp3) is 0.500. The number of rotatable bonds is 4. The number of sulfone groups is 1. The molecule has 0 spiro atoms. The van der Waals surface area contributed by atoms with Gasteiger partial charge in [0.1, 0.15) is 0 Å². The van der Waals surface area contributed by atoms with Crippen molar-refractivity contribution in [2.75, 3.05) is 12.4 Å². The van der Waals surface area contributed by atoms with Crippen LogP contribution >= 0.6 is 0 Å². The van der Waals surface area contributed by atoms with E-state index in [9.17, 15) is 13.5 Å². The molecule has 0 unspecified atom stereocenters. The molecule has 2 rings (SSSR count). The van der Waals surface area contributed by atoms with Gasteiger partial charge in [0.05, 0.1) is 17.4 Å². The summed E-state index contributed by atoms with van der Waals surface area (Å²) in [7, 11) is -3.23. The van der Waals surface area contributed by atoms with Gasteiger partial charge in [-0.15, -0.1) is 0 Å². The molecule has 0 heterocycles. The highest BCUT2D eigenvalue weighted by Gasteiger charge is 2.68. The Morgan fingerprint density at radius 1 is 1.35 bits per heavy atom. The standard InChI is InChI=1S/C12H17NO3S/c1-2-17(15,16)11-10(12(11,13)8-14)9-6-4-3-5-7-9/h3-7,10-11,14H,2,8,13H2,1H3/t10-,11-,12-/m0/s1. The highest BCUT2D eigenvalue weighted by Crippen LogP contribution is 2.53. The first kappa shape index (κ1) is 12.5. The topological polar surface area (TPSA) is 80.4 Å². The van der Waals surface area contributed by atoms with E-state index in [4.69, 9.17) is 5.73 Å². The first-order valence-corrected chi connectivity index (χ1v) is 7.35. The third-order valence-corrected chi connectivity index (χ3v) is 5.81. The van der Waals surface area contributed by atoms with E-state index in [0.717, 1.165) is 5.56 Å². The zero-order valence-corrected chi connectivity index (χ0v) is 10.5. The van der Waals surface area contributed by atoms with Crippen LogP contribution in [0.5, 0.6) is 0 Å². The minimum Gasteiger partial charge on any atom is -0.394 e. The van der Waals surface area contributed by atoms with Crippen LogP contribution in [0.25, 0.3) is 0 Å². The van der Waals surface area contributed by atoms with Crippen molar-refractivity contribution in [2.24, 2.45) is 5.73 Å². The fourth-order valence-electron chi connectivity index (χ4n) is 2.48. The van der Waals surface area contributed by atoms with Crippen LogP contribution in [0.3, 0.4) is 0 Å². The van der Waals surface area contributed by atoms with Crippen molar-refractivity contribution in [3.8, 4) is 0 Å². The second-order valence-corrected chi connectivity index (χ2v) is 6.94. The third-order valence-electron chi connectivity index (χ3n) is 3.52. The van der Waals surface area contributed by atoms with Gasteiger partial charge in [0, 0.05) is 11.7 Å². The summed E-state index contributed by atoms with van der Waals surface area (Å²) in [6.45, 7) is 1.30. The molecule has 3 N–H and O–H groups in total. The van der Waals surface area contributed by atoms with E-state index in [-0.39, 0.29) is 18.3 Å². The van der Waals surface area contributed by atoms with E-state index < -0.39 is 20.6 Å². The van der Waals surface area contributed by atoms with Crippen molar-refractivity contribution in [2.45, 2.75) is 23.6 Å². The highest BCUT2D eigenvalue weighted by atomic mass is 32.2. The summed E-state index contributed by atoms with van der Waals surface area (Å²) in [6, 6.07) is 9.27. The molecule has 0 radical (unpaired) electrons. The monoisotopic (exact) mass is 255 g/mol. The van der Waals surface area contributed by atoms with Crippen LogP contribution in [0.15, 0.2) is 30.3 Å². The lowest BCUT2D eigenvalue weighted by molar-refractivity contribution is 0.253. The number of hydrogen-bond donors (Lipinski definition) is 2. The van der Waals surface area contributed by atoms with Gasteiger partial charge in [0.2, 0.25) is 0 Å². The second-order valence-electron chi connectivity index (χ2n) is 4.53. The molecule has 1 fully saturated rings. The maximum Gasteiger partial charge on any atom is 0.155 e. The number of aliphatic hydroxyl groups is 1. The summed E-state index contributed by atoms with van der Waals surface area (Å²) in [5, 5.41) is 8.68. The Morgan fingerprint density at radius 2 is 1.94 bits per heavy atom. The Hall–Kier alpha value is -0.910. The molecule has 0 amide bonds. The van der Waals surface area contributed by atoms with Gasteiger partial charge in [-0.1, -0.05) is 37.3 Å². The van der Waals surface area contributed by atoms with Crippen LogP contribution in [-0.2, 0) is 9.84 Å². The lowest BCUT2D eigenvalue weighted by Gasteiger charge is -2.06. The maximum absolute atomic E-state index is 11.9. The van der Waals surface area contributed by atoms with Gasteiger partial charge in [-0.05, 0) is 5.56 Å². The SMILES string of the molecule is CCS(=O)(=O)[C@H]1[C@H](c2ccccc2)[C@@]1(N)CO. The van der Waals surface area contributed by atoms with Crippen LogP contribution < -0.4 is 5.73 Å². The fourth-order valence-corrected chi connectivity index (χ4v) is 4.47. The summed E-state index contributed by atoms with van der Waals surface area (Å²) >= 11 is 0. The predicted molar refractivity (Wildman–Crippen MR) is 66.4 cm³/mol. The first-order valence-electron chi connectivity index (χ1n) is 5.63. The predicted octanol–water partition coefficient (Wildman–Crippen LogP) is 0.277. The summed E-state index contributed by atoms with van der Waals surface area (Å²) in [4.78, 5) is 0. The average molecular weight is 255 g/mol. The molecule has 1 aromatic rings. The highest BCUT2D eigenvalue weighted by molar-refractivity contribution is 7.92. The smallest absolute Gasteiger partial charge is 0.155 e. The zero-order chi connectivity index (χ0) is 12.7. The Kier molecular flexibility index (Phi) is 3.01. The van der Waals surface area contributed by atoms with E-state index >= 15 is 0 Å². The number of benzene rings is 1. The lowest BCUT2D eigenvalue weighted by Crippen LogP contribution is -2.35. The van der Waals surface area contributed by atoms with Gasteiger partial charge in [-0.25, -0.2) is 8.42 Å². The van der Waals surface area contributed by atoms with Crippen LogP contribution in [0, 0.1) is 0 Å². The summed E-state index contributed by atoms with van der Waals surface area (Å²) in [5.41, 5.74) is 5.86. The molecule has 5 heteroatoms. The Bertz CT molecular complexity index is 500. The lowest BCUT2D eigenvalue weighted by atomic mass is 10.1. The molecule has 0 bridgehead atoms. The Balaban J connectivity index is 2.37. The normalized spacial score (nSPS) is 32.4. The largest absolute Gasteiger partial charge is 0.394 e. The van der Waals surface area contributed by atoms with Crippen molar-refractivity contribution in [3.05, 3.63) is 35.9 Å². The molecule has 0 saturated heterocycles. The molecule has 1 saturated carbocycles. The van der Waals surface area contributed by atoms with Gasteiger partial charge in [0.25, 0.3) is 0 Å². The third kappa shape index (κ3) is 1.88. The van der Waals surface area contributed by atoms with Crippen molar-refractivity contribution >= 4 is 9.84 Å². The quantitative estimate of drug-likeness (QED) is 0.809. The second kappa shape index (κ2) is 4.08. The molecule has 94 valence electrons. The molecule has 1 aliphatic rings. The first-order chi connectivity index (χ1) is 7.97. The van der Waals surface area contributed by atoms with Gasteiger partial charge in [0.15, 0.2) is 9.84 Å². The molecule has 17 heavy (non-hydrogen) atoms. The van der Waals surface area contributed by atoms with Gasteiger partial charge in [-0.2, -0.15) is 0 Å². The van der Waals surface area contributed by atoms with Crippen LogP contribution in [-0.4, -0.2) is 36.7 Å². The van der Waals surface area contributed by atoms with Crippen LogP contribution in [0.1, 0.15) is 18.4 Å². The average Bonchev–Trinajstić information content (AvgIpc) is 2.99. The Labute approximate surface area is 101 Å². The zero-order valence-electron chi connectivity index (χ0n) is 9.70. The van der Waals surface area contributed by atoms with E-state index in [0.29, 0.717) is 0 Å². The minimum atomic E-state index is -3.23. The summed E-state index contributed by atoms with van der Waals surface area (Å²) in [6.07, 6.45) is 0. The molecule has 3 atom stereocenters. The maximum atomic E-state index is 11.9. The van der Waals surface area contributed by atoms with Crippen molar-refractivity contribution in [3.63, 3.8) is 0 Å². The molecular formula is C12H17NO3S. The molecular weight excluding hydrogens is 238 g/mol. The number of nitrogens with two attached hydrogens (primary N) is 1. The molecule has 1 aliphatic carbocycles. The van der Waals surface area contributed by atoms with Crippen LogP contribution in [0.2, 0.25) is 0 Å².